The van der Waals surface area contributed by atoms with Gasteiger partial charge in [-0.25, -0.2) is 0 Å². The van der Waals surface area contributed by atoms with Gasteiger partial charge in [0.05, 0.1) is 0 Å². The average molecular weight is 152 g/mol. The van der Waals surface area contributed by atoms with Crippen molar-refractivity contribution in [1.29, 1.82) is 0 Å². The lowest BCUT2D eigenvalue weighted by Gasteiger charge is -1.34. The van der Waals surface area contributed by atoms with Crippen molar-refractivity contribution in [1.82, 2.24) is 0 Å². The normalized spacial score (nSPS) is 3.20. The Balaban J connectivity index is -0.0000000257. The van der Waals surface area contributed by atoms with E-state index in [1.54, 1.807) is 0 Å². The second kappa shape index (κ2) is 168. The molecule has 0 aliphatic heterocycles. The van der Waals surface area contributed by atoms with Gasteiger partial charge in [-0.2, -0.15) is 9.59 Å². The summed E-state index contributed by atoms with van der Waals surface area (Å²) in [5, 5.41) is 13.8. The lowest BCUT2D eigenvalue weighted by Crippen LogP contribution is -1.49. The minimum atomic E-state index is -0.250. The number of hydrogen-bond donors (Lipinski definition) is 2. The maximum Gasteiger partial charge on any atom is 0.373 e. The van der Waals surface area contributed by atoms with Gasteiger partial charge in [-0.3, -0.25) is 9.59 Å². The van der Waals surface area contributed by atoms with Crippen molar-refractivity contribution in [3.05, 3.63) is 0 Å². The second-order valence-electron chi connectivity index (χ2n) is 0.294. The van der Waals surface area contributed by atoms with E-state index in [0.717, 1.165) is 0 Å². The molecule has 0 bridgehead atoms. The summed E-state index contributed by atoms with van der Waals surface area (Å²) >= 11 is 0. The van der Waals surface area contributed by atoms with Gasteiger partial charge in [-0.1, -0.05) is 7.43 Å². The van der Waals surface area contributed by atoms with Crippen LogP contribution in [-0.2, 0) is 19.2 Å². The van der Waals surface area contributed by atoms with E-state index >= 15 is 0 Å². The molecule has 0 aromatic carbocycles. The predicted molar refractivity (Wildman–Crippen MR) is 29.1 cm³/mol. The highest BCUT2D eigenvalue weighted by Gasteiger charge is 1.22. The van der Waals surface area contributed by atoms with Crippen LogP contribution in [0.3, 0.4) is 0 Å². The molecule has 10 heavy (non-hydrogen) atoms. The minimum Gasteiger partial charge on any atom is -0.483 e. The van der Waals surface area contributed by atoms with Gasteiger partial charge in [-0.15, -0.1) is 0 Å². The van der Waals surface area contributed by atoms with Crippen LogP contribution in [0.25, 0.3) is 0 Å². The monoisotopic (exact) mass is 152 g/mol. The zero-order chi connectivity index (χ0) is 8.12. The fourth-order valence-corrected chi connectivity index (χ4v) is 0. The van der Waals surface area contributed by atoms with Crippen LogP contribution < -0.4 is 0 Å². The molecule has 0 unspecified atom stereocenters. The van der Waals surface area contributed by atoms with Crippen LogP contribution in [0.15, 0.2) is 0 Å². The topological polar surface area (TPSA) is 109 Å². The fraction of sp³-hybridized carbons (Fsp3) is 0.250. The van der Waals surface area contributed by atoms with Crippen molar-refractivity contribution in [3.8, 4) is 0 Å². The zero-order valence-corrected chi connectivity index (χ0v) is 4.18. The van der Waals surface area contributed by atoms with Crippen molar-refractivity contribution in [2.75, 3.05) is 0 Å². The Hall–Kier alpha value is -1.68. The Bertz CT molecular complexity index is 75.7. The molecule has 0 atom stereocenters. The van der Waals surface area contributed by atoms with Gasteiger partial charge < -0.3 is 10.2 Å². The summed E-state index contributed by atoms with van der Waals surface area (Å²) in [7, 11) is 0. The lowest BCUT2D eigenvalue weighted by atomic mass is 11.7. The number of carboxylic acid groups (broad SMARTS) is 2. The number of rotatable bonds is 0. The standard InChI is InChI=1S/2CH2O2.CO2.CH4/c3*2-1-3;/h2*1H,(H,2,3);;1H4. The quantitative estimate of drug-likeness (QED) is 0.451. The third kappa shape index (κ3) is 63.4. The molecule has 0 saturated carbocycles. The van der Waals surface area contributed by atoms with E-state index in [1.165, 1.54) is 0 Å². The van der Waals surface area contributed by atoms with Crippen LogP contribution in [0.4, 0.5) is 0 Å². The van der Waals surface area contributed by atoms with Gasteiger partial charge >= 0.3 is 6.15 Å². The Morgan fingerprint density at radius 3 is 1.00 bits per heavy atom. The maximum atomic E-state index is 8.36. The fourth-order valence-electron chi connectivity index (χ4n) is 0. The molecular formula is C4H8O6. The first-order valence-corrected chi connectivity index (χ1v) is 1.40. The molecule has 2 N–H and O–H groups in total. The average Bonchev–Trinajstić information content (AvgIpc) is 1.70. The molecule has 60 valence electrons. The van der Waals surface area contributed by atoms with Gasteiger partial charge in [0.15, 0.2) is 0 Å². The number of carbonyl (C=O) groups is 2. The highest BCUT2D eigenvalue weighted by atomic mass is 16.3. The zero-order valence-electron chi connectivity index (χ0n) is 4.18. The summed E-state index contributed by atoms with van der Waals surface area (Å²) in [6.07, 6.45) is 0.250. The summed E-state index contributed by atoms with van der Waals surface area (Å²) in [4.78, 5) is 33.0. The number of carbonyl (C=O) groups excluding carboxylic acids is 2. The smallest absolute Gasteiger partial charge is 0.373 e. The van der Waals surface area contributed by atoms with Crippen LogP contribution in [0, 0.1) is 0 Å². The summed E-state index contributed by atoms with van der Waals surface area (Å²) in [6, 6.07) is 0. The Morgan fingerprint density at radius 1 is 1.00 bits per heavy atom. The van der Waals surface area contributed by atoms with Crippen molar-refractivity contribution in [3.63, 3.8) is 0 Å². The van der Waals surface area contributed by atoms with E-state index in [4.69, 9.17) is 29.4 Å². The van der Waals surface area contributed by atoms with E-state index in [0.29, 0.717) is 0 Å². The van der Waals surface area contributed by atoms with Gasteiger partial charge in [0.25, 0.3) is 12.9 Å². The summed E-state index contributed by atoms with van der Waals surface area (Å²) in [6.45, 7) is -0.500. The third-order valence-corrected chi connectivity index (χ3v) is 0. The van der Waals surface area contributed by atoms with Crippen LogP contribution in [0.2, 0.25) is 0 Å². The van der Waals surface area contributed by atoms with E-state index in [2.05, 4.69) is 0 Å². The van der Waals surface area contributed by atoms with Crippen LogP contribution in [-0.4, -0.2) is 29.3 Å². The second-order valence-corrected chi connectivity index (χ2v) is 0.294. The molecule has 0 aromatic rings. The molecule has 0 aliphatic carbocycles. The summed E-state index contributed by atoms with van der Waals surface area (Å²) in [5.74, 6) is 0. The first kappa shape index (κ1) is 23.9. The first-order valence-electron chi connectivity index (χ1n) is 1.40. The van der Waals surface area contributed by atoms with Crippen LogP contribution in [0.1, 0.15) is 7.43 Å². The molecule has 6 nitrogen and oxygen atoms in total. The molecular weight excluding hydrogens is 144 g/mol. The number of hydrogen-bond acceptors (Lipinski definition) is 4. The molecule has 0 spiro atoms. The molecule has 0 aromatic heterocycles. The van der Waals surface area contributed by atoms with Crippen molar-refractivity contribution in [2.45, 2.75) is 7.43 Å². The van der Waals surface area contributed by atoms with E-state index in [9.17, 15) is 0 Å². The van der Waals surface area contributed by atoms with Crippen LogP contribution >= 0.6 is 0 Å². The molecule has 0 aliphatic rings. The molecule has 0 rings (SSSR count). The van der Waals surface area contributed by atoms with Gasteiger partial charge in [0, 0.05) is 0 Å². The van der Waals surface area contributed by atoms with E-state index in [1.807, 2.05) is 0 Å². The predicted octanol–water partition coefficient (Wildman–Crippen LogP) is -0.546. The largest absolute Gasteiger partial charge is 0.483 e. The Labute approximate surface area is 57.1 Å². The Kier molecular flexibility index (Phi) is 401. The summed E-state index contributed by atoms with van der Waals surface area (Å²) in [5.41, 5.74) is 0. The SMILES string of the molecule is C.O=C=O.O=CO.O=CO. The van der Waals surface area contributed by atoms with Crippen LogP contribution in [0.5, 0.6) is 0 Å². The minimum absolute atomic E-state index is 0. The van der Waals surface area contributed by atoms with E-state index < -0.39 is 0 Å². The van der Waals surface area contributed by atoms with E-state index in [-0.39, 0.29) is 26.5 Å². The van der Waals surface area contributed by atoms with Crippen molar-refractivity contribution < 1.29 is 29.4 Å². The molecule has 0 amide bonds. The van der Waals surface area contributed by atoms with Gasteiger partial charge in [0.2, 0.25) is 0 Å². The molecule has 0 radical (unpaired) electrons. The first-order chi connectivity index (χ1) is 4.24. The highest BCUT2D eigenvalue weighted by molar-refractivity contribution is 5.33. The molecule has 6 heteroatoms. The maximum absolute atomic E-state index is 8.36. The third-order valence-electron chi connectivity index (χ3n) is 0. The molecule has 0 heterocycles. The van der Waals surface area contributed by atoms with Crippen molar-refractivity contribution >= 4 is 19.1 Å². The summed E-state index contributed by atoms with van der Waals surface area (Å²) < 4.78 is 0. The Morgan fingerprint density at radius 2 is 1.00 bits per heavy atom. The van der Waals surface area contributed by atoms with Gasteiger partial charge in [0.1, 0.15) is 0 Å². The van der Waals surface area contributed by atoms with Gasteiger partial charge in [-0.05, 0) is 0 Å². The molecule has 0 fully saturated rings. The lowest BCUT2D eigenvalue weighted by molar-refractivity contribution is -0.191. The highest BCUT2D eigenvalue weighted by Crippen LogP contribution is 0.969. The van der Waals surface area contributed by atoms with Crippen molar-refractivity contribution in [2.24, 2.45) is 0 Å². The molecule has 0 saturated heterocycles.